The highest BCUT2D eigenvalue weighted by Crippen LogP contribution is 2.36. The van der Waals surface area contributed by atoms with E-state index in [9.17, 15) is 9.59 Å². The number of benzene rings is 3. The lowest BCUT2D eigenvalue weighted by Crippen LogP contribution is -2.40. The van der Waals surface area contributed by atoms with Crippen LogP contribution in [0.1, 0.15) is 41.6 Å². The summed E-state index contributed by atoms with van der Waals surface area (Å²) in [5.41, 5.74) is 3.82. The number of hydrogen-bond acceptors (Lipinski definition) is 7. The SMILES string of the molecule is C=CCc1cc(/C=c2\sc3n(c2=O)[C@H](c2ccccc2)C(C(=O)OC)=C(CC)N=3)cc(OC)c1OCc1ccc(Cl)cc1Cl. The minimum atomic E-state index is -0.668. The number of carbonyl (C=O) groups excluding carboxylic acids is 1. The predicted octanol–water partition coefficient (Wildman–Crippen LogP) is 6.42. The van der Waals surface area contributed by atoms with Gasteiger partial charge in [-0.25, -0.2) is 9.79 Å². The van der Waals surface area contributed by atoms with E-state index in [1.54, 1.807) is 36.0 Å². The van der Waals surface area contributed by atoms with E-state index in [4.69, 9.17) is 42.4 Å². The van der Waals surface area contributed by atoms with Crippen molar-refractivity contribution in [1.82, 2.24) is 4.57 Å². The van der Waals surface area contributed by atoms with Crippen molar-refractivity contribution >= 4 is 46.6 Å². The molecule has 0 saturated heterocycles. The molecule has 1 aromatic heterocycles. The molecule has 1 atom stereocenters. The maximum atomic E-state index is 14.0. The zero-order valence-corrected chi connectivity index (χ0v) is 26.8. The van der Waals surface area contributed by atoms with Crippen LogP contribution in [-0.2, 0) is 22.6 Å². The van der Waals surface area contributed by atoms with Gasteiger partial charge in [-0.1, -0.05) is 83.9 Å². The number of fused-ring (bicyclic) bond motifs is 1. The average Bonchev–Trinajstić information content (AvgIpc) is 3.34. The van der Waals surface area contributed by atoms with Crippen molar-refractivity contribution in [2.75, 3.05) is 14.2 Å². The van der Waals surface area contributed by atoms with E-state index in [1.807, 2.05) is 55.5 Å². The highest BCUT2D eigenvalue weighted by Gasteiger charge is 2.33. The number of hydrogen-bond donors (Lipinski definition) is 0. The molecule has 226 valence electrons. The fourth-order valence-corrected chi connectivity index (χ4v) is 6.63. The lowest BCUT2D eigenvalue weighted by Gasteiger charge is -2.25. The molecule has 0 saturated carbocycles. The van der Waals surface area contributed by atoms with Crippen molar-refractivity contribution < 1.29 is 19.0 Å². The summed E-state index contributed by atoms with van der Waals surface area (Å²) in [6, 6.07) is 17.8. The summed E-state index contributed by atoms with van der Waals surface area (Å²) in [5.74, 6) is 0.538. The van der Waals surface area contributed by atoms with Gasteiger partial charge in [0.2, 0.25) is 0 Å². The molecule has 4 aromatic rings. The quantitative estimate of drug-likeness (QED) is 0.146. The van der Waals surface area contributed by atoms with Crippen LogP contribution in [0.15, 0.2) is 94.4 Å². The Morgan fingerprint density at radius 1 is 1.09 bits per heavy atom. The molecule has 0 fully saturated rings. The minimum Gasteiger partial charge on any atom is -0.493 e. The summed E-state index contributed by atoms with van der Waals surface area (Å²) in [5, 5.41) is 1.05. The molecule has 7 nitrogen and oxygen atoms in total. The average molecular weight is 650 g/mol. The first kappa shape index (κ1) is 31.3. The normalized spacial score (nSPS) is 14.6. The third kappa shape index (κ3) is 6.24. The van der Waals surface area contributed by atoms with Crippen molar-refractivity contribution in [2.24, 2.45) is 4.99 Å². The molecule has 0 spiro atoms. The fourth-order valence-electron chi connectivity index (χ4n) is 5.14. The second-order valence-electron chi connectivity index (χ2n) is 9.93. The van der Waals surface area contributed by atoms with Gasteiger partial charge in [-0.3, -0.25) is 9.36 Å². The van der Waals surface area contributed by atoms with Gasteiger partial charge in [0.05, 0.1) is 36.1 Å². The molecule has 0 N–H and O–H groups in total. The molecule has 0 unspecified atom stereocenters. The summed E-state index contributed by atoms with van der Waals surface area (Å²) in [4.78, 5) is 32.3. The Labute approximate surface area is 269 Å². The Balaban J connectivity index is 1.62. The van der Waals surface area contributed by atoms with Crippen molar-refractivity contribution in [2.45, 2.75) is 32.4 Å². The van der Waals surface area contributed by atoms with Crippen molar-refractivity contribution in [1.29, 1.82) is 0 Å². The third-order valence-electron chi connectivity index (χ3n) is 7.19. The van der Waals surface area contributed by atoms with Gasteiger partial charge >= 0.3 is 5.97 Å². The van der Waals surface area contributed by atoms with Crippen LogP contribution in [-0.4, -0.2) is 24.8 Å². The first-order chi connectivity index (χ1) is 21.3. The van der Waals surface area contributed by atoms with Gasteiger partial charge < -0.3 is 14.2 Å². The fraction of sp³-hybridized carbons (Fsp3) is 0.206. The minimum absolute atomic E-state index is 0.205. The number of allylic oxidation sites excluding steroid dienone is 2. The second-order valence-corrected chi connectivity index (χ2v) is 11.8. The summed E-state index contributed by atoms with van der Waals surface area (Å²) in [7, 11) is 2.90. The molecule has 0 amide bonds. The maximum absolute atomic E-state index is 14.0. The number of carbonyl (C=O) groups is 1. The summed E-state index contributed by atoms with van der Waals surface area (Å²) >= 11 is 13.7. The zero-order valence-electron chi connectivity index (χ0n) is 24.4. The van der Waals surface area contributed by atoms with Crippen molar-refractivity contribution in [3.63, 3.8) is 0 Å². The Morgan fingerprint density at radius 2 is 1.86 bits per heavy atom. The largest absolute Gasteiger partial charge is 0.493 e. The van der Waals surface area contributed by atoms with Gasteiger partial charge in [-0.05, 0) is 54.3 Å². The standard InChI is InChI=1S/C34H30Cl2N2O5S/c1-5-10-22-15-20(16-27(41-3)31(22)43-19-23-13-14-24(35)18-25(23)36)17-28-32(39)38-30(21-11-8-7-9-12-21)29(33(40)42-4)26(6-2)37-34(38)44-28/h5,7-9,11-18,30H,1,6,10,19H2,2-4H3/b28-17-/t30-/m1/s1. The maximum Gasteiger partial charge on any atom is 0.338 e. The van der Waals surface area contributed by atoms with Gasteiger partial charge in [-0.15, -0.1) is 6.58 Å². The van der Waals surface area contributed by atoms with Crippen LogP contribution in [0.2, 0.25) is 10.0 Å². The molecule has 1 aliphatic heterocycles. The van der Waals surface area contributed by atoms with E-state index in [2.05, 4.69) is 6.58 Å². The molecule has 0 radical (unpaired) electrons. The smallest absolute Gasteiger partial charge is 0.338 e. The monoisotopic (exact) mass is 648 g/mol. The topological polar surface area (TPSA) is 79.1 Å². The number of thiazole rings is 1. The Hall–Kier alpha value is -4.11. The van der Waals surface area contributed by atoms with E-state index < -0.39 is 12.0 Å². The Bertz CT molecular complexity index is 1950. The highest BCUT2D eigenvalue weighted by molar-refractivity contribution is 7.07. The van der Waals surface area contributed by atoms with Crippen LogP contribution >= 0.6 is 34.5 Å². The molecule has 3 aromatic carbocycles. The number of aromatic nitrogens is 1. The predicted molar refractivity (Wildman–Crippen MR) is 175 cm³/mol. The lowest BCUT2D eigenvalue weighted by atomic mass is 9.95. The third-order valence-corrected chi connectivity index (χ3v) is 8.76. The van der Waals surface area contributed by atoms with Crippen LogP contribution in [0.25, 0.3) is 6.08 Å². The molecule has 1 aliphatic rings. The highest BCUT2D eigenvalue weighted by atomic mass is 35.5. The van der Waals surface area contributed by atoms with Crippen molar-refractivity contribution in [3.8, 4) is 11.5 Å². The van der Waals surface area contributed by atoms with E-state index in [-0.39, 0.29) is 12.2 Å². The van der Waals surface area contributed by atoms with E-state index in [1.165, 1.54) is 18.4 Å². The first-order valence-electron chi connectivity index (χ1n) is 13.9. The molecular weight excluding hydrogens is 619 g/mol. The van der Waals surface area contributed by atoms with Gasteiger partial charge in [0, 0.05) is 21.2 Å². The van der Waals surface area contributed by atoms with Crippen LogP contribution in [0.4, 0.5) is 0 Å². The number of halogens is 2. The van der Waals surface area contributed by atoms with Crippen LogP contribution in [0.5, 0.6) is 11.5 Å². The lowest BCUT2D eigenvalue weighted by molar-refractivity contribution is -0.136. The second kappa shape index (κ2) is 13.7. The van der Waals surface area contributed by atoms with Gasteiger partial charge in [0.1, 0.15) is 6.61 Å². The van der Waals surface area contributed by atoms with Gasteiger partial charge in [0.15, 0.2) is 16.3 Å². The molecule has 10 heteroatoms. The van der Waals surface area contributed by atoms with Gasteiger partial charge in [0.25, 0.3) is 5.56 Å². The molecule has 0 bridgehead atoms. The van der Waals surface area contributed by atoms with Crippen LogP contribution in [0.3, 0.4) is 0 Å². The van der Waals surface area contributed by atoms with E-state index in [0.29, 0.717) is 55.0 Å². The molecule has 5 rings (SSSR count). The Kier molecular flexibility index (Phi) is 9.74. The van der Waals surface area contributed by atoms with Gasteiger partial charge in [-0.2, -0.15) is 0 Å². The summed E-state index contributed by atoms with van der Waals surface area (Å²) in [6.45, 7) is 6.03. The first-order valence-corrected chi connectivity index (χ1v) is 15.4. The summed E-state index contributed by atoms with van der Waals surface area (Å²) in [6.07, 6.45) is 4.58. The van der Waals surface area contributed by atoms with Crippen LogP contribution in [0, 0.1) is 0 Å². The molecular formula is C34H30Cl2N2O5S. The number of methoxy groups -OCH3 is 2. The van der Waals surface area contributed by atoms with Crippen molar-refractivity contribution in [3.05, 3.63) is 137 Å². The Morgan fingerprint density at radius 3 is 2.52 bits per heavy atom. The van der Waals surface area contributed by atoms with E-state index in [0.717, 1.165) is 22.3 Å². The summed E-state index contributed by atoms with van der Waals surface area (Å²) < 4.78 is 19.1. The molecule has 44 heavy (non-hydrogen) atoms. The number of rotatable bonds is 10. The van der Waals surface area contributed by atoms with E-state index >= 15 is 0 Å². The molecule has 2 heterocycles. The van der Waals surface area contributed by atoms with Crippen LogP contribution < -0.4 is 24.4 Å². The number of ether oxygens (including phenoxy) is 3. The zero-order chi connectivity index (χ0) is 31.4. The number of nitrogens with zero attached hydrogens (tertiary/aromatic N) is 2. The molecule has 0 aliphatic carbocycles. The number of esters is 1.